The molecule has 21 heavy (non-hydrogen) atoms. The van der Waals surface area contributed by atoms with Gasteiger partial charge in [-0.15, -0.1) is 0 Å². The van der Waals surface area contributed by atoms with E-state index in [1.54, 1.807) is 6.07 Å². The SMILES string of the molecule is C[C@H](C1CC1)N(C(=O)c1cccc([N+](=O)[O-])c1N)C1CC1. The molecule has 0 saturated heterocycles. The van der Waals surface area contributed by atoms with Gasteiger partial charge in [-0.25, -0.2) is 0 Å². The average Bonchev–Trinajstić information content (AvgIpc) is 3.30. The first-order chi connectivity index (χ1) is 10.0. The molecule has 0 unspecified atom stereocenters. The van der Waals surface area contributed by atoms with Gasteiger partial charge in [0, 0.05) is 18.2 Å². The summed E-state index contributed by atoms with van der Waals surface area (Å²) in [6.45, 7) is 2.07. The minimum atomic E-state index is -0.544. The largest absolute Gasteiger partial charge is 0.393 e. The maximum Gasteiger partial charge on any atom is 0.292 e. The summed E-state index contributed by atoms with van der Waals surface area (Å²) < 4.78 is 0. The Morgan fingerprint density at radius 3 is 2.57 bits per heavy atom. The van der Waals surface area contributed by atoms with Crippen molar-refractivity contribution in [1.82, 2.24) is 4.90 Å². The van der Waals surface area contributed by atoms with E-state index >= 15 is 0 Å². The van der Waals surface area contributed by atoms with Gasteiger partial charge in [0.25, 0.3) is 11.6 Å². The van der Waals surface area contributed by atoms with Crippen LogP contribution in [0.5, 0.6) is 0 Å². The number of nitro groups is 1. The molecule has 2 aliphatic carbocycles. The van der Waals surface area contributed by atoms with Gasteiger partial charge < -0.3 is 10.6 Å². The minimum Gasteiger partial charge on any atom is -0.393 e. The smallest absolute Gasteiger partial charge is 0.292 e. The number of rotatable bonds is 5. The van der Waals surface area contributed by atoms with Gasteiger partial charge in [0.1, 0.15) is 5.69 Å². The number of nitrogen functional groups attached to an aromatic ring is 1. The number of benzene rings is 1. The number of nitro benzene ring substituents is 1. The Morgan fingerprint density at radius 1 is 1.38 bits per heavy atom. The van der Waals surface area contributed by atoms with Gasteiger partial charge in [-0.2, -0.15) is 0 Å². The molecule has 6 heteroatoms. The number of carbonyl (C=O) groups excluding carboxylic acids is 1. The highest BCUT2D eigenvalue weighted by molar-refractivity contribution is 6.01. The van der Waals surface area contributed by atoms with Crippen molar-refractivity contribution >= 4 is 17.3 Å². The Labute approximate surface area is 123 Å². The third-order valence-corrected chi connectivity index (χ3v) is 4.43. The third kappa shape index (κ3) is 2.57. The first-order valence-electron chi connectivity index (χ1n) is 7.36. The zero-order valence-corrected chi connectivity index (χ0v) is 12.0. The van der Waals surface area contributed by atoms with E-state index in [-0.39, 0.29) is 34.9 Å². The maximum atomic E-state index is 12.8. The molecule has 2 saturated carbocycles. The highest BCUT2D eigenvalue weighted by Gasteiger charge is 2.42. The van der Waals surface area contributed by atoms with Crippen LogP contribution in [0.4, 0.5) is 11.4 Å². The Balaban J connectivity index is 1.92. The van der Waals surface area contributed by atoms with Crippen molar-refractivity contribution in [3.8, 4) is 0 Å². The second kappa shape index (κ2) is 5.02. The quantitative estimate of drug-likeness (QED) is 0.512. The van der Waals surface area contributed by atoms with Crippen LogP contribution in [0, 0.1) is 16.0 Å². The summed E-state index contributed by atoms with van der Waals surface area (Å²) in [6, 6.07) is 4.89. The van der Waals surface area contributed by atoms with Crippen molar-refractivity contribution in [3.05, 3.63) is 33.9 Å². The van der Waals surface area contributed by atoms with E-state index in [2.05, 4.69) is 6.92 Å². The summed E-state index contributed by atoms with van der Waals surface area (Å²) in [6.07, 6.45) is 4.33. The molecule has 6 nitrogen and oxygen atoms in total. The standard InChI is InChI=1S/C15H19N3O3/c1-9(10-5-6-10)17(11-7-8-11)15(19)12-3-2-4-13(14(12)16)18(20)21/h2-4,9-11H,5-8,16H2,1H3/t9-/m1/s1. The average molecular weight is 289 g/mol. The van der Waals surface area contributed by atoms with E-state index in [0.29, 0.717) is 5.92 Å². The molecule has 0 aromatic heterocycles. The summed E-state index contributed by atoms with van der Waals surface area (Å²) in [5.74, 6) is 0.396. The fourth-order valence-electron chi connectivity index (χ4n) is 2.88. The number of para-hydroxylation sites is 1. The zero-order chi connectivity index (χ0) is 15.1. The monoisotopic (exact) mass is 289 g/mol. The van der Waals surface area contributed by atoms with E-state index in [1.807, 2.05) is 4.90 Å². The van der Waals surface area contributed by atoms with E-state index in [1.165, 1.54) is 12.1 Å². The van der Waals surface area contributed by atoms with E-state index in [9.17, 15) is 14.9 Å². The Hall–Kier alpha value is -2.11. The summed E-state index contributed by atoms with van der Waals surface area (Å²) in [5, 5.41) is 11.0. The molecule has 112 valence electrons. The number of hydrogen-bond acceptors (Lipinski definition) is 4. The van der Waals surface area contributed by atoms with Crippen molar-refractivity contribution in [2.45, 2.75) is 44.7 Å². The summed E-state index contributed by atoms with van der Waals surface area (Å²) in [5.41, 5.74) is 5.87. The number of carbonyl (C=O) groups is 1. The predicted octanol–water partition coefficient (Wildman–Crippen LogP) is 2.58. The molecule has 0 bridgehead atoms. The van der Waals surface area contributed by atoms with Crippen LogP contribution in [0.15, 0.2) is 18.2 Å². The molecule has 0 radical (unpaired) electrons. The van der Waals surface area contributed by atoms with Crippen molar-refractivity contribution in [3.63, 3.8) is 0 Å². The molecule has 0 spiro atoms. The Kier molecular flexibility index (Phi) is 3.31. The molecular formula is C15H19N3O3. The maximum absolute atomic E-state index is 12.8. The van der Waals surface area contributed by atoms with E-state index in [4.69, 9.17) is 5.73 Å². The number of nitrogens with two attached hydrogens (primary N) is 1. The molecule has 1 amide bonds. The fraction of sp³-hybridized carbons (Fsp3) is 0.533. The van der Waals surface area contributed by atoms with E-state index in [0.717, 1.165) is 25.7 Å². The van der Waals surface area contributed by atoms with Gasteiger partial charge in [0.05, 0.1) is 10.5 Å². The van der Waals surface area contributed by atoms with Crippen LogP contribution in [0.3, 0.4) is 0 Å². The van der Waals surface area contributed by atoms with Crippen LogP contribution in [-0.2, 0) is 0 Å². The van der Waals surface area contributed by atoms with Gasteiger partial charge in [-0.05, 0) is 44.6 Å². The van der Waals surface area contributed by atoms with Gasteiger partial charge >= 0.3 is 0 Å². The first-order valence-corrected chi connectivity index (χ1v) is 7.36. The Morgan fingerprint density at radius 2 is 2.05 bits per heavy atom. The second-order valence-electron chi connectivity index (χ2n) is 6.02. The highest BCUT2D eigenvalue weighted by Crippen LogP contribution is 2.41. The van der Waals surface area contributed by atoms with Crippen LogP contribution in [0.1, 0.15) is 43.0 Å². The second-order valence-corrected chi connectivity index (χ2v) is 6.02. The lowest BCUT2D eigenvalue weighted by Crippen LogP contribution is -2.41. The molecule has 0 aliphatic heterocycles. The predicted molar refractivity (Wildman–Crippen MR) is 78.9 cm³/mol. The third-order valence-electron chi connectivity index (χ3n) is 4.43. The van der Waals surface area contributed by atoms with Crippen LogP contribution < -0.4 is 5.73 Å². The summed E-state index contributed by atoms with van der Waals surface area (Å²) in [7, 11) is 0. The lowest BCUT2D eigenvalue weighted by atomic mass is 10.1. The van der Waals surface area contributed by atoms with Crippen LogP contribution in [0.2, 0.25) is 0 Å². The molecular weight excluding hydrogens is 270 g/mol. The van der Waals surface area contributed by atoms with Crippen LogP contribution in [-0.4, -0.2) is 27.8 Å². The molecule has 3 rings (SSSR count). The van der Waals surface area contributed by atoms with Crippen LogP contribution in [0.25, 0.3) is 0 Å². The molecule has 2 N–H and O–H groups in total. The summed E-state index contributed by atoms with van der Waals surface area (Å²) in [4.78, 5) is 25.1. The lowest BCUT2D eigenvalue weighted by molar-refractivity contribution is -0.383. The van der Waals surface area contributed by atoms with Gasteiger partial charge in [0.15, 0.2) is 0 Å². The van der Waals surface area contributed by atoms with Crippen molar-refractivity contribution < 1.29 is 9.72 Å². The van der Waals surface area contributed by atoms with Crippen LogP contribution >= 0.6 is 0 Å². The Bertz CT molecular complexity index is 594. The molecule has 1 aromatic rings. The fourth-order valence-corrected chi connectivity index (χ4v) is 2.88. The van der Waals surface area contributed by atoms with Gasteiger partial charge in [0.2, 0.25) is 0 Å². The zero-order valence-electron chi connectivity index (χ0n) is 12.0. The van der Waals surface area contributed by atoms with Crippen molar-refractivity contribution in [2.75, 3.05) is 5.73 Å². The topological polar surface area (TPSA) is 89.5 Å². The van der Waals surface area contributed by atoms with Crippen molar-refractivity contribution in [1.29, 1.82) is 0 Å². The number of hydrogen-bond donors (Lipinski definition) is 1. The summed E-state index contributed by atoms with van der Waals surface area (Å²) >= 11 is 0. The highest BCUT2D eigenvalue weighted by atomic mass is 16.6. The van der Waals surface area contributed by atoms with E-state index < -0.39 is 4.92 Å². The normalized spacial score (nSPS) is 19.1. The number of nitrogens with zero attached hydrogens (tertiary/aromatic N) is 2. The lowest BCUT2D eigenvalue weighted by Gasteiger charge is -2.30. The minimum absolute atomic E-state index is 0.0267. The number of amides is 1. The van der Waals surface area contributed by atoms with Crippen molar-refractivity contribution in [2.24, 2.45) is 5.92 Å². The molecule has 1 aromatic carbocycles. The van der Waals surface area contributed by atoms with Gasteiger partial charge in [-0.1, -0.05) is 6.07 Å². The molecule has 2 fully saturated rings. The number of anilines is 1. The molecule has 1 atom stereocenters. The van der Waals surface area contributed by atoms with Gasteiger partial charge in [-0.3, -0.25) is 14.9 Å². The molecule has 0 heterocycles. The first kappa shape index (κ1) is 13.9. The molecule has 2 aliphatic rings.